The second-order valence-corrected chi connectivity index (χ2v) is 6.16. The fourth-order valence-electron chi connectivity index (χ4n) is 1.74. The first-order valence-electron chi connectivity index (χ1n) is 6.32. The van der Waals surface area contributed by atoms with Gasteiger partial charge in [0.1, 0.15) is 0 Å². The number of sulfonamides is 1. The predicted molar refractivity (Wildman–Crippen MR) is 75.6 cm³/mol. The summed E-state index contributed by atoms with van der Waals surface area (Å²) >= 11 is 0. The Morgan fingerprint density at radius 3 is 2.63 bits per heavy atom. The highest BCUT2D eigenvalue weighted by molar-refractivity contribution is 7.89. The summed E-state index contributed by atoms with van der Waals surface area (Å²) in [6.07, 6.45) is 0.629. The minimum atomic E-state index is -3.43. The number of aryl methyl sites for hydroxylation is 2. The van der Waals surface area contributed by atoms with Gasteiger partial charge in [0.05, 0.1) is 11.5 Å². The van der Waals surface area contributed by atoms with Crippen LogP contribution in [0.25, 0.3) is 0 Å². The van der Waals surface area contributed by atoms with Crippen LogP contribution in [-0.4, -0.2) is 34.7 Å². The molecule has 0 heterocycles. The van der Waals surface area contributed by atoms with Crippen LogP contribution in [0, 0.1) is 13.8 Å². The summed E-state index contributed by atoms with van der Waals surface area (Å²) in [4.78, 5) is 0.334. The van der Waals surface area contributed by atoms with Crippen molar-refractivity contribution < 1.29 is 13.2 Å². The molecule has 0 saturated carbocycles. The molecule has 0 saturated heterocycles. The first kappa shape index (κ1) is 16.1. The van der Waals surface area contributed by atoms with Crippen LogP contribution >= 0.6 is 0 Å². The summed E-state index contributed by atoms with van der Waals surface area (Å²) in [7, 11) is -3.43. The molecule has 0 spiro atoms. The first-order chi connectivity index (χ1) is 8.97. The zero-order chi connectivity index (χ0) is 14.3. The quantitative estimate of drug-likeness (QED) is 0.697. The average Bonchev–Trinajstić information content (AvgIpc) is 2.33. The van der Waals surface area contributed by atoms with Crippen molar-refractivity contribution in [1.82, 2.24) is 4.72 Å². The van der Waals surface area contributed by atoms with Gasteiger partial charge in [-0.15, -0.1) is 0 Å². The van der Waals surface area contributed by atoms with E-state index in [1.54, 1.807) is 19.1 Å². The molecule has 0 radical (unpaired) electrons. The minimum absolute atomic E-state index is 0.334. The van der Waals surface area contributed by atoms with E-state index in [0.717, 1.165) is 11.1 Å². The Balaban J connectivity index is 2.52. The standard InChI is InChI=1S/C13H22N2O3S/c1-11-4-5-13(12(2)10-11)19(16,17)15-7-3-8-18-9-6-14/h4-5,10,15H,3,6-9,14H2,1-2H3. The van der Waals surface area contributed by atoms with E-state index in [9.17, 15) is 8.42 Å². The molecule has 3 N–H and O–H groups in total. The molecule has 0 unspecified atom stereocenters. The maximum atomic E-state index is 12.1. The molecule has 0 amide bonds. The van der Waals surface area contributed by atoms with Gasteiger partial charge in [-0.25, -0.2) is 13.1 Å². The number of hydrogen-bond donors (Lipinski definition) is 2. The van der Waals surface area contributed by atoms with Crippen molar-refractivity contribution in [1.29, 1.82) is 0 Å². The van der Waals surface area contributed by atoms with E-state index in [-0.39, 0.29) is 0 Å². The fourth-order valence-corrected chi connectivity index (χ4v) is 3.04. The fraction of sp³-hybridized carbons (Fsp3) is 0.538. The molecule has 19 heavy (non-hydrogen) atoms. The van der Waals surface area contributed by atoms with Gasteiger partial charge in [0.2, 0.25) is 10.0 Å². The van der Waals surface area contributed by atoms with Crippen LogP contribution in [0.15, 0.2) is 23.1 Å². The number of hydrogen-bond acceptors (Lipinski definition) is 4. The van der Waals surface area contributed by atoms with Gasteiger partial charge in [0.25, 0.3) is 0 Å². The van der Waals surface area contributed by atoms with Crippen molar-refractivity contribution >= 4 is 10.0 Å². The molecule has 0 fully saturated rings. The molecule has 6 heteroatoms. The lowest BCUT2D eigenvalue weighted by molar-refractivity contribution is 0.140. The van der Waals surface area contributed by atoms with Crippen molar-refractivity contribution in [3.8, 4) is 0 Å². The van der Waals surface area contributed by atoms with E-state index < -0.39 is 10.0 Å². The van der Waals surface area contributed by atoms with E-state index in [1.807, 2.05) is 13.0 Å². The maximum Gasteiger partial charge on any atom is 0.240 e. The number of rotatable bonds is 8. The van der Waals surface area contributed by atoms with E-state index in [4.69, 9.17) is 10.5 Å². The minimum Gasteiger partial charge on any atom is -0.380 e. The van der Waals surface area contributed by atoms with Gasteiger partial charge in [0.15, 0.2) is 0 Å². The van der Waals surface area contributed by atoms with Crippen LogP contribution in [0.1, 0.15) is 17.5 Å². The van der Waals surface area contributed by atoms with Crippen molar-refractivity contribution in [2.45, 2.75) is 25.2 Å². The van der Waals surface area contributed by atoms with Crippen LogP contribution < -0.4 is 10.5 Å². The van der Waals surface area contributed by atoms with Crippen molar-refractivity contribution in [3.63, 3.8) is 0 Å². The molecule has 5 nitrogen and oxygen atoms in total. The van der Waals surface area contributed by atoms with Crippen LogP contribution in [0.5, 0.6) is 0 Å². The Hall–Kier alpha value is -0.950. The summed E-state index contributed by atoms with van der Waals surface area (Å²) in [6.45, 7) is 5.59. The summed E-state index contributed by atoms with van der Waals surface area (Å²) in [5.74, 6) is 0. The Labute approximate surface area is 115 Å². The molecule has 0 bridgehead atoms. The monoisotopic (exact) mass is 286 g/mol. The van der Waals surface area contributed by atoms with Gasteiger partial charge in [-0.3, -0.25) is 0 Å². The SMILES string of the molecule is Cc1ccc(S(=O)(=O)NCCCOCCN)c(C)c1. The number of benzene rings is 1. The summed E-state index contributed by atoms with van der Waals surface area (Å²) in [5, 5.41) is 0. The largest absolute Gasteiger partial charge is 0.380 e. The molecule has 1 aromatic rings. The molecule has 0 aliphatic carbocycles. The van der Waals surface area contributed by atoms with Gasteiger partial charge in [-0.05, 0) is 31.9 Å². The molecular weight excluding hydrogens is 264 g/mol. The first-order valence-corrected chi connectivity index (χ1v) is 7.80. The highest BCUT2D eigenvalue weighted by Crippen LogP contribution is 2.15. The number of nitrogens with two attached hydrogens (primary N) is 1. The smallest absolute Gasteiger partial charge is 0.240 e. The third-order valence-corrected chi connectivity index (χ3v) is 4.26. The highest BCUT2D eigenvalue weighted by Gasteiger charge is 2.15. The van der Waals surface area contributed by atoms with Crippen LogP contribution in [0.2, 0.25) is 0 Å². The van der Waals surface area contributed by atoms with E-state index in [2.05, 4.69) is 4.72 Å². The van der Waals surface area contributed by atoms with Gasteiger partial charge < -0.3 is 10.5 Å². The topological polar surface area (TPSA) is 81.4 Å². The Bertz CT molecular complexity index is 501. The second kappa shape index (κ2) is 7.59. The van der Waals surface area contributed by atoms with Gasteiger partial charge in [-0.2, -0.15) is 0 Å². The molecule has 0 aromatic heterocycles. The van der Waals surface area contributed by atoms with Gasteiger partial charge >= 0.3 is 0 Å². The van der Waals surface area contributed by atoms with E-state index >= 15 is 0 Å². The third-order valence-electron chi connectivity index (χ3n) is 2.64. The van der Waals surface area contributed by atoms with E-state index in [0.29, 0.717) is 37.6 Å². The average molecular weight is 286 g/mol. The molecule has 1 aromatic carbocycles. The lowest BCUT2D eigenvalue weighted by Crippen LogP contribution is -2.26. The van der Waals surface area contributed by atoms with Crippen LogP contribution in [-0.2, 0) is 14.8 Å². The van der Waals surface area contributed by atoms with Crippen LogP contribution in [0.4, 0.5) is 0 Å². The molecular formula is C13H22N2O3S. The molecule has 1 rings (SSSR count). The molecule has 0 atom stereocenters. The summed E-state index contributed by atoms with van der Waals surface area (Å²) in [5.41, 5.74) is 7.09. The summed E-state index contributed by atoms with van der Waals surface area (Å²) in [6, 6.07) is 5.29. The Morgan fingerprint density at radius 1 is 1.26 bits per heavy atom. The Kier molecular flexibility index (Phi) is 6.44. The highest BCUT2D eigenvalue weighted by atomic mass is 32.2. The van der Waals surface area contributed by atoms with Gasteiger partial charge in [0, 0.05) is 19.7 Å². The van der Waals surface area contributed by atoms with Gasteiger partial charge in [-0.1, -0.05) is 17.7 Å². The lowest BCUT2D eigenvalue weighted by Gasteiger charge is -2.10. The summed E-state index contributed by atoms with van der Waals surface area (Å²) < 4.78 is 31.9. The number of nitrogens with one attached hydrogen (secondary N) is 1. The third kappa shape index (κ3) is 5.28. The Morgan fingerprint density at radius 2 is 2.00 bits per heavy atom. The predicted octanol–water partition coefficient (Wildman–Crippen LogP) is 0.947. The molecule has 108 valence electrons. The van der Waals surface area contributed by atoms with E-state index in [1.165, 1.54) is 0 Å². The van der Waals surface area contributed by atoms with Crippen molar-refractivity contribution in [3.05, 3.63) is 29.3 Å². The van der Waals surface area contributed by atoms with Crippen LogP contribution in [0.3, 0.4) is 0 Å². The zero-order valence-electron chi connectivity index (χ0n) is 11.5. The van der Waals surface area contributed by atoms with Crippen molar-refractivity contribution in [2.24, 2.45) is 5.73 Å². The second-order valence-electron chi connectivity index (χ2n) is 4.42. The van der Waals surface area contributed by atoms with Crippen molar-refractivity contribution in [2.75, 3.05) is 26.3 Å². The zero-order valence-corrected chi connectivity index (χ0v) is 12.3. The molecule has 0 aliphatic rings. The number of ether oxygens (including phenoxy) is 1. The maximum absolute atomic E-state index is 12.1. The lowest BCUT2D eigenvalue weighted by atomic mass is 10.2. The molecule has 0 aliphatic heterocycles. The normalized spacial score (nSPS) is 11.7.